The summed E-state index contributed by atoms with van der Waals surface area (Å²) < 4.78 is 16.7. The van der Waals surface area contributed by atoms with Crippen LogP contribution < -0.4 is 14.2 Å². The minimum atomic E-state index is -0.579. The lowest BCUT2D eigenvalue weighted by molar-refractivity contribution is -0.139. The van der Waals surface area contributed by atoms with E-state index in [1.165, 1.54) is 0 Å². The van der Waals surface area contributed by atoms with E-state index >= 15 is 0 Å². The highest BCUT2D eigenvalue weighted by molar-refractivity contribution is 5.81. The van der Waals surface area contributed by atoms with E-state index in [-0.39, 0.29) is 5.91 Å². The Labute approximate surface area is 160 Å². The fourth-order valence-corrected chi connectivity index (χ4v) is 3.02. The maximum Gasteiger partial charge on any atom is 0.263 e. The van der Waals surface area contributed by atoms with Crippen LogP contribution in [-0.2, 0) is 11.3 Å². The van der Waals surface area contributed by atoms with Gasteiger partial charge in [0.15, 0.2) is 17.6 Å². The summed E-state index contributed by atoms with van der Waals surface area (Å²) in [4.78, 5) is 15.0. The number of para-hydroxylation sites is 2. The first-order valence-electron chi connectivity index (χ1n) is 9.44. The van der Waals surface area contributed by atoms with E-state index in [1.807, 2.05) is 60.4 Å². The van der Waals surface area contributed by atoms with Gasteiger partial charge in [-0.2, -0.15) is 0 Å². The van der Waals surface area contributed by atoms with Gasteiger partial charge in [-0.25, -0.2) is 0 Å². The molecule has 1 aliphatic carbocycles. The molecule has 0 heterocycles. The molecular weight excluding hydrogens is 342 g/mol. The predicted octanol–water partition coefficient (Wildman–Crippen LogP) is 4.05. The second-order valence-corrected chi connectivity index (χ2v) is 6.69. The van der Waals surface area contributed by atoms with E-state index in [4.69, 9.17) is 14.2 Å². The van der Waals surface area contributed by atoms with Gasteiger partial charge in [-0.1, -0.05) is 24.3 Å². The third kappa shape index (κ3) is 4.94. The Kier molecular flexibility index (Phi) is 6.22. The number of amides is 1. The Morgan fingerprint density at radius 3 is 2.37 bits per heavy atom. The molecule has 27 heavy (non-hydrogen) atoms. The van der Waals surface area contributed by atoms with Crippen LogP contribution in [0.5, 0.6) is 17.2 Å². The number of benzene rings is 2. The topological polar surface area (TPSA) is 48.0 Å². The summed E-state index contributed by atoms with van der Waals surface area (Å²) in [7, 11) is 1.59. The SMILES string of the molecule is CCOc1ccc(CN(C(=O)C(C)Oc2ccccc2OC)C2CC2)cc1. The summed E-state index contributed by atoms with van der Waals surface area (Å²) in [5, 5.41) is 0. The van der Waals surface area contributed by atoms with Gasteiger partial charge in [0.25, 0.3) is 5.91 Å². The van der Waals surface area contributed by atoms with Crippen molar-refractivity contribution in [1.29, 1.82) is 0 Å². The van der Waals surface area contributed by atoms with E-state index < -0.39 is 6.10 Å². The van der Waals surface area contributed by atoms with Crippen molar-refractivity contribution in [2.75, 3.05) is 13.7 Å². The largest absolute Gasteiger partial charge is 0.494 e. The number of nitrogens with zero attached hydrogens (tertiary/aromatic N) is 1. The molecule has 0 aromatic heterocycles. The molecule has 144 valence electrons. The van der Waals surface area contributed by atoms with Gasteiger partial charge in [-0.05, 0) is 56.5 Å². The van der Waals surface area contributed by atoms with E-state index in [0.29, 0.717) is 30.7 Å². The molecule has 1 saturated carbocycles. The number of hydrogen-bond acceptors (Lipinski definition) is 4. The van der Waals surface area contributed by atoms with Crippen molar-refractivity contribution >= 4 is 5.91 Å². The van der Waals surface area contributed by atoms with E-state index in [1.54, 1.807) is 14.0 Å². The quantitative estimate of drug-likeness (QED) is 0.669. The van der Waals surface area contributed by atoms with Gasteiger partial charge in [-0.3, -0.25) is 4.79 Å². The van der Waals surface area contributed by atoms with Crippen molar-refractivity contribution in [2.45, 2.75) is 45.4 Å². The summed E-state index contributed by atoms with van der Waals surface area (Å²) >= 11 is 0. The highest BCUT2D eigenvalue weighted by atomic mass is 16.5. The van der Waals surface area contributed by atoms with Crippen LogP contribution in [0.1, 0.15) is 32.3 Å². The molecule has 5 nitrogen and oxygen atoms in total. The number of hydrogen-bond donors (Lipinski definition) is 0. The van der Waals surface area contributed by atoms with Gasteiger partial charge < -0.3 is 19.1 Å². The lowest BCUT2D eigenvalue weighted by Gasteiger charge is -2.26. The molecule has 1 unspecified atom stereocenters. The third-order valence-electron chi connectivity index (χ3n) is 4.58. The number of carbonyl (C=O) groups is 1. The fraction of sp³-hybridized carbons (Fsp3) is 0.409. The van der Waals surface area contributed by atoms with Crippen LogP contribution in [-0.4, -0.2) is 36.7 Å². The molecule has 1 fully saturated rings. The molecule has 0 aliphatic heterocycles. The molecule has 5 heteroatoms. The first-order valence-corrected chi connectivity index (χ1v) is 9.44. The summed E-state index contributed by atoms with van der Waals surface area (Å²) in [6.45, 7) is 4.98. The second-order valence-electron chi connectivity index (χ2n) is 6.69. The predicted molar refractivity (Wildman–Crippen MR) is 104 cm³/mol. The summed E-state index contributed by atoms with van der Waals surface area (Å²) in [5.74, 6) is 2.05. The molecule has 3 rings (SSSR count). The minimum Gasteiger partial charge on any atom is -0.494 e. The Morgan fingerprint density at radius 2 is 1.78 bits per heavy atom. The molecule has 0 N–H and O–H groups in total. The zero-order valence-electron chi connectivity index (χ0n) is 16.2. The van der Waals surface area contributed by atoms with Crippen molar-refractivity contribution in [1.82, 2.24) is 4.90 Å². The first-order chi connectivity index (χ1) is 13.1. The normalized spacial score (nSPS) is 14.3. The van der Waals surface area contributed by atoms with Crippen LogP contribution in [0.15, 0.2) is 48.5 Å². The average molecular weight is 369 g/mol. The molecule has 1 atom stereocenters. The van der Waals surface area contributed by atoms with Gasteiger partial charge in [0.1, 0.15) is 5.75 Å². The Bertz CT molecular complexity index is 755. The van der Waals surface area contributed by atoms with Crippen LogP contribution in [0, 0.1) is 0 Å². The molecule has 0 saturated heterocycles. The van der Waals surface area contributed by atoms with Gasteiger partial charge in [0.2, 0.25) is 0 Å². The van der Waals surface area contributed by atoms with Crippen LogP contribution in [0.4, 0.5) is 0 Å². The third-order valence-corrected chi connectivity index (χ3v) is 4.58. The molecule has 1 aliphatic rings. The van der Waals surface area contributed by atoms with Gasteiger partial charge >= 0.3 is 0 Å². The second kappa shape index (κ2) is 8.80. The number of methoxy groups -OCH3 is 1. The smallest absolute Gasteiger partial charge is 0.263 e. The average Bonchev–Trinajstić information content (AvgIpc) is 3.52. The van der Waals surface area contributed by atoms with Crippen molar-refractivity contribution in [3.63, 3.8) is 0 Å². The van der Waals surface area contributed by atoms with E-state index in [2.05, 4.69) is 0 Å². The number of rotatable bonds is 9. The molecule has 2 aromatic rings. The van der Waals surface area contributed by atoms with E-state index in [9.17, 15) is 4.79 Å². The van der Waals surface area contributed by atoms with Gasteiger partial charge in [0, 0.05) is 12.6 Å². The molecular formula is C22H27NO4. The summed E-state index contributed by atoms with van der Waals surface area (Å²) in [6.07, 6.45) is 1.51. The Balaban J connectivity index is 1.67. The van der Waals surface area contributed by atoms with E-state index in [0.717, 1.165) is 24.2 Å². The summed E-state index contributed by atoms with van der Waals surface area (Å²) in [6, 6.07) is 15.6. The Hall–Kier alpha value is -2.69. The highest BCUT2D eigenvalue weighted by Crippen LogP contribution is 2.31. The minimum absolute atomic E-state index is 0.00251. The first kappa shape index (κ1) is 19.1. The van der Waals surface area contributed by atoms with Crippen LogP contribution in [0.25, 0.3) is 0 Å². The monoisotopic (exact) mass is 369 g/mol. The zero-order chi connectivity index (χ0) is 19.2. The molecule has 2 aromatic carbocycles. The fourth-order valence-electron chi connectivity index (χ4n) is 3.02. The lowest BCUT2D eigenvalue weighted by Crippen LogP contribution is -2.41. The van der Waals surface area contributed by atoms with Crippen molar-refractivity contribution in [2.24, 2.45) is 0 Å². The molecule has 0 bridgehead atoms. The lowest BCUT2D eigenvalue weighted by atomic mass is 10.2. The number of carbonyl (C=O) groups excluding carboxylic acids is 1. The molecule has 1 amide bonds. The van der Waals surface area contributed by atoms with Gasteiger partial charge in [-0.15, -0.1) is 0 Å². The zero-order valence-corrected chi connectivity index (χ0v) is 16.2. The van der Waals surface area contributed by atoms with Crippen molar-refractivity contribution in [3.05, 3.63) is 54.1 Å². The maximum absolute atomic E-state index is 13.0. The van der Waals surface area contributed by atoms with Crippen molar-refractivity contribution < 1.29 is 19.0 Å². The summed E-state index contributed by atoms with van der Waals surface area (Å²) in [5.41, 5.74) is 1.09. The number of ether oxygens (including phenoxy) is 3. The Morgan fingerprint density at radius 1 is 1.11 bits per heavy atom. The molecule has 0 spiro atoms. The highest BCUT2D eigenvalue weighted by Gasteiger charge is 2.35. The van der Waals surface area contributed by atoms with Gasteiger partial charge in [0.05, 0.1) is 13.7 Å². The van der Waals surface area contributed by atoms with Crippen LogP contribution in [0.2, 0.25) is 0 Å². The standard InChI is InChI=1S/C22H27NO4/c1-4-26-19-13-9-17(10-14-19)15-23(18-11-12-18)22(24)16(2)27-21-8-6-5-7-20(21)25-3/h5-10,13-14,16,18H,4,11-12,15H2,1-3H3. The van der Waals surface area contributed by atoms with Crippen LogP contribution >= 0.6 is 0 Å². The van der Waals surface area contributed by atoms with Crippen molar-refractivity contribution in [3.8, 4) is 17.2 Å². The van der Waals surface area contributed by atoms with Crippen LogP contribution in [0.3, 0.4) is 0 Å². The maximum atomic E-state index is 13.0. The molecule has 0 radical (unpaired) electrons.